The van der Waals surface area contributed by atoms with Gasteiger partial charge in [0.05, 0.1) is 0 Å². The van der Waals surface area contributed by atoms with Crippen molar-refractivity contribution in [2.75, 3.05) is 14.2 Å². The molecule has 0 N–H and O–H groups in total. The van der Waals surface area contributed by atoms with Crippen molar-refractivity contribution >= 4 is 0 Å². The van der Waals surface area contributed by atoms with Crippen LogP contribution in [0.25, 0.3) is 0 Å². The van der Waals surface area contributed by atoms with E-state index >= 15 is 0 Å². The van der Waals surface area contributed by atoms with Crippen molar-refractivity contribution in [2.24, 2.45) is 0 Å². The van der Waals surface area contributed by atoms with Crippen LogP contribution in [0, 0.1) is 17.4 Å². The first-order valence-corrected chi connectivity index (χ1v) is 3.20. The number of methoxy groups -OCH3 is 2. The van der Waals surface area contributed by atoms with Crippen LogP contribution < -0.4 is 0 Å². The molecule has 0 amide bonds. The minimum absolute atomic E-state index is 0. The van der Waals surface area contributed by atoms with Crippen LogP contribution >= 0.6 is 0 Å². The Morgan fingerprint density at radius 1 is 1.42 bits per heavy atom. The van der Waals surface area contributed by atoms with E-state index in [1.165, 1.54) is 14.2 Å². The van der Waals surface area contributed by atoms with Crippen LogP contribution in [0.2, 0.25) is 0 Å². The summed E-state index contributed by atoms with van der Waals surface area (Å²) in [5.41, 5.74) is 0.350. The molecular formula is C8H12NO2Y-. The molecule has 0 fully saturated rings. The van der Waals surface area contributed by atoms with Gasteiger partial charge >= 0.3 is 0 Å². The van der Waals surface area contributed by atoms with E-state index in [0.717, 1.165) is 0 Å². The van der Waals surface area contributed by atoms with Gasteiger partial charge in [-0.15, -0.1) is 18.6 Å². The third-order valence-electron chi connectivity index (χ3n) is 1.59. The number of rotatable bonds is 3. The van der Waals surface area contributed by atoms with E-state index in [2.05, 4.69) is 6.08 Å². The van der Waals surface area contributed by atoms with Gasteiger partial charge in [0, 0.05) is 46.9 Å². The summed E-state index contributed by atoms with van der Waals surface area (Å²) >= 11 is 0. The van der Waals surface area contributed by atoms with Crippen LogP contribution in [0.1, 0.15) is 13.8 Å². The molecule has 1 radical (unpaired) electrons. The molecule has 12 heavy (non-hydrogen) atoms. The van der Waals surface area contributed by atoms with Crippen LogP contribution in [0.3, 0.4) is 0 Å². The smallest absolute Gasteiger partial charge is 0.165 e. The molecule has 0 aromatic rings. The van der Waals surface area contributed by atoms with E-state index in [1.807, 2.05) is 6.07 Å². The number of hydrogen-bond donors (Lipinski definition) is 0. The van der Waals surface area contributed by atoms with Crippen LogP contribution in [0.4, 0.5) is 0 Å². The fraction of sp³-hybridized carbons (Fsp3) is 0.625. The molecular weight excluding hydrogens is 231 g/mol. The van der Waals surface area contributed by atoms with Crippen LogP contribution in [-0.4, -0.2) is 20.0 Å². The van der Waals surface area contributed by atoms with E-state index in [9.17, 15) is 0 Å². The first-order valence-electron chi connectivity index (χ1n) is 3.20. The van der Waals surface area contributed by atoms with Crippen molar-refractivity contribution in [3.63, 3.8) is 0 Å². The normalized spacial score (nSPS) is 11.8. The summed E-state index contributed by atoms with van der Waals surface area (Å²) in [7, 11) is 2.97. The molecule has 0 aliphatic rings. The molecule has 0 bridgehead atoms. The standard InChI is InChI=1S/C8H12NO2.Y/c1-5-7(6-9)8(2,10-3)11-4;/h1-4H3;/q-1;. The van der Waals surface area contributed by atoms with Crippen LogP contribution in [0.5, 0.6) is 0 Å². The van der Waals surface area contributed by atoms with Crippen LogP contribution in [0.15, 0.2) is 5.57 Å². The molecule has 4 heteroatoms. The molecule has 0 spiro atoms. The maximum absolute atomic E-state index is 8.61. The fourth-order valence-corrected chi connectivity index (χ4v) is 0.672. The Morgan fingerprint density at radius 3 is 1.92 bits per heavy atom. The summed E-state index contributed by atoms with van der Waals surface area (Å²) in [6.45, 7) is 3.32. The molecule has 0 heterocycles. The van der Waals surface area contributed by atoms with Gasteiger partial charge in [-0.1, -0.05) is 0 Å². The van der Waals surface area contributed by atoms with Gasteiger partial charge in [-0.05, 0) is 6.92 Å². The third-order valence-corrected chi connectivity index (χ3v) is 1.59. The second-order valence-electron chi connectivity index (χ2n) is 2.09. The number of hydrogen-bond acceptors (Lipinski definition) is 3. The maximum atomic E-state index is 8.61. The SMILES string of the molecule is C[C-]=C(C#N)C(C)(OC)OC.[Y]. The molecule has 0 saturated carbocycles. The fourth-order valence-electron chi connectivity index (χ4n) is 0.672. The van der Waals surface area contributed by atoms with E-state index in [1.54, 1.807) is 13.8 Å². The monoisotopic (exact) mass is 243 g/mol. The average Bonchev–Trinajstić information content (AvgIpc) is 2.06. The second kappa shape index (κ2) is 6.74. The number of nitriles is 1. The minimum Gasteiger partial charge on any atom is -0.352 e. The average molecular weight is 243 g/mol. The molecule has 0 saturated heterocycles. The Labute approximate surface area is 98.6 Å². The first kappa shape index (κ1) is 14.8. The van der Waals surface area contributed by atoms with Crippen molar-refractivity contribution in [1.82, 2.24) is 0 Å². The zero-order chi connectivity index (χ0) is 8.91. The molecule has 0 atom stereocenters. The molecule has 0 aromatic carbocycles. The summed E-state index contributed by atoms with van der Waals surface area (Å²) in [5.74, 6) is -0.955. The van der Waals surface area contributed by atoms with Gasteiger partial charge in [-0.3, -0.25) is 6.08 Å². The second-order valence-corrected chi connectivity index (χ2v) is 2.09. The summed E-state index contributed by atoms with van der Waals surface area (Å²) in [4.78, 5) is 0. The third kappa shape index (κ3) is 3.32. The topological polar surface area (TPSA) is 42.2 Å². The Balaban J connectivity index is 0. The van der Waals surface area contributed by atoms with E-state index in [0.29, 0.717) is 5.57 Å². The number of ether oxygens (including phenoxy) is 2. The zero-order valence-electron chi connectivity index (χ0n) is 7.84. The Bertz CT molecular complexity index is 192. The Morgan fingerprint density at radius 2 is 1.83 bits per heavy atom. The van der Waals surface area contributed by atoms with E-state index < -0.39 is 5.79 Å². The largest absolute Gasteiger partial charge is 0.352 e. The summed E-state index contributed by atoms with van der Waals surface area (Å²) in [6, 6.07) is 1.95. The maximum Gasteiger partial charge on any atom is 0.165 e. The van der Waals surface area contributed by atoms with Gasteiger partial charge in [0.1, 0.15) is 0 Å². The van der Waals surface area contributed by atoms with Gasteiger partial charge in [0.2, 0.25) is 0 Å². The van der Waals surface area contributed by atoms with Gasteiger partial charge in [-0.25, -0.2) is 0 Å². The predicted octanol–water partition coefficient (Wildman–Crippen LogP) is 1.27. The molecule has 0 aliphatic heterocycles. The Kier molecular flexibility index (Phi) is 8.29. The van der Waals surface area contributed by atoms with E-state index in [-0.39, 0.29) is 32.7 Å². The van der Waals surface area contributed by atoms with Gasteiger partial charge in [-0.2, -0.15) is 0 Å². The van der Waals surface area contributed by atoms with E-state index in [4.69, 9.17) is 14.7 Å². The van der Waals surface area contributed by atoms with Crippen LogP contribution in [-0.2, 0) is 42.2 Å². The van der Waals surface area contributed by atoms with Crippen molar-refractivity contribution in [3.8, 4) is 6.07 Å². The quantitative estimate of drug-likeness (QED) is 0.426. The molecule has 0 aliphatic carbocycles. The molecule has 65 valence electrons. The zero-order valence-corrected chi connectivity index (χ0v) is 10.7. The molecule has 0 rings (SSSR count). The number of allylic oxidation sites excluding steroid dienone is 1. The molecule has 0 aromatic heterocycles. The Hall–Kier alpha value is 0.254. The van der Waals surface area contributed by atoms with Crippen molar-refractivity contribution in [1.29, 1.82) is 5.26 Å². The number of nitrogens with zero attached hydrogens (tertiary/aromatic N) is 1. The first-order chi connectivity index (χ1) is 5.14. The molecule has 0 unspecified atom stereocenters. The summed E-state index contributed by atoms with van der Waals surface area (Å²) < 4.78 is 9.97. The van der Waals surface area contributed by atoms with Crippen molar-refractivity contribution in [3.05, 3.63) is 11.6 Å². The minimum atomic E-state index is -0.955. The van der Waals surface area contributed by atoms with Crippen molar-refractivity contribution < 1.29 is 42.2 Å². The van der Waals surface area contributed by atoms with Gasteiger partial charge in [0.25, 0.3) is 0 Å². The van der Waals surface area contributed by atoms with Gasteiger partial charge in [0.15, 0.2) is 5.79 Å². The molecule has 3 nitrogen and oxygen atoms in total. The summed E-state index contributed by atoms with van der Waals surface area (Å²) in [5, 5.41) is 8.61. The van der Waals surface area contributed by atoms with Crippen molar-refractivity contribution in [2.45, 2.75) is 19.6 Å². The summed E-state index contributed by atoms with van der Waals surface area (Å²) in [6.07, 6.45) is 2.70. The predicted molar refractivity (Wildman–Crippen MR) is 40.5 cm³/mol. The van der Waals surface area contributed by atoms with Gasteiger partial charge < -0.3 is 14.7 Å².